The quantitative estimate of drug-likeness (QED) is 0.658. The van der Waals surface area contributed by atoms with Crippen molar-refractivity contribution in [2.45, 2.75) is 6.23 Å². The molecule has 1 aromatic rings. The molecule has 1 rings (SSSR count). The van der Waals surface area contributed by atoms with E-state index in [0.717, 1.165) is 0 Å². The summed E-state index contributed by atoms with van der Waals surface area (Å²) in [5.74, 6) is -2.20. The highest BCUT2D eigenvalue weighted by molar-refractivity contribution is 6.30. The van der Waals surface area contributed by atoms with Gasteiger partial charge in [-0.1, -0.05) is 11.6 Å². The van der Waals surface area contributed by atoms with Crippen LogP contribution in [0.1, 0.15) is 10.4 Å². The van der Waals surface area contributed by atoms with Crippen LogP contribution < -0.4 is 5.32 Å². The molecule has 0 aliphatic heterocycles. The number of carboxylic acid groups (broad SMARTS) is 1. The second kappa shape index (κ2) is 4.77. The molecule has 0 aliphatic rings. The third-order valence-corrected chi connectivity index (χ3v) is 1.86. The zero-order valence-corrected chi connectivity index (χ0v) is 8.23. The molecular formula is C9H8ClNO4. The molecule has 0 heterocycles. The predicted octanol–water partition coefficient (Wildman–Crippen LogP) is 0.473. The number of carbonyl (C=O) groups excluding carboxylic acids is 1. The number of benzene rings is 1. The van der Waals surface area contributed by atoms with Crippen LogP contribution in [0.5, 0.6) is 0 Å². The number of halogens is 1. The average molecular weight is 230 g/mol. The number of nitrogens with one attached hydrogen (secondary N) is 1. The van der Waals surface area contributed by atoms with Crippen molar-refractivity contribution in [1.82, 2.24) is 5.32 Å². The zero-order chi connectivity index (χ0) is 11.4. The highest BCUT2D eigenvalue weighted by Crippen LogP contribution is 2.09. The van der Waals surface area contributed by atoms with Gasteiger partial charge < -0.3 is 15.5 Å². The van der Waals surface area contributed by atoms with E-state index in [4.69, 9.17) is 21.8 Å². The summed E-state index contributed by atoms with van der Waals surface area (Å²) < 4.78 is 0. The molecule has 3 N–H and O–H groups in total. The van der Waals surface area contributed by atoms with Crippen molar-refractivity contribution in [3.63, 3.8) is 0 Å². The summed E-state index contributed by atoms with van der Waals surface area (Å²) in [4.78, 5) is 21.5. The summed E-state index contributed by atoms with van der Waals surface area (Å²) in [7, 11) is 0. The molecule has 0 fully saturated rings. The third kappa shape index (κ3) is 3.23. The van der Waals surface area contributed by atoms with Gasteiger partial charge in [0.25, 0.3) is 5.91 Å². The molecule has 1 aromatic carbocycles. The van der Waals surface area contributed by atoms with Crippen molar-refractivity contribution in [2.24, 2.45) is 0 Å². The summed E-state index contributed by atoms with van der Waals surface area (Å²) in [6.07, 6.45) is -1.91. The topological polar surface area (TPSA) is 86.6 Å². The van der Waals surface area contributed by atoms with Crippen LogP contribution >= 0.6 is 11.6 Å². The predicted molar refractivity (Wildman–Crippen MR) is 52.6 cm³/mol. The molecule has 0 saturated heterocycles. The molecule has 6 heteroatoms. The van der Waals surface area contributed by atoms with Gasteiger partial charge in [0.2, 0.25) is 6.23 Å². The number of carboxylic acids is 1. The van der Waals surface area contributed by atoms with Crippen LogP contribution in [-0.4, -0.2) is 28.3 Å². The van der Waals surface area contributed by atoms with E-state index in [1.54, 1.807) is 0 Å². The van der Waals surface area contributed by atoms with E-state index in [1.807, 2.05) is 5.32 Å². The van der Waals surface area contributed by atoms with E-state index in [2.05, 4.69) is 0 Å². The van der Waals surface area contributed by atoms with Crippen molar-refractivity contribution in [3.05, 3.63) is 34.9 Å². The molecule has 0 bridgehead atoms. The number of hydrogen-bond donors (Lipinski definition) is 3. The van der Waals surface area contributed by atoms with Gasteiger partial charge in [0.15, 0.2) is 0 Å². The SMILES string of the molecule is O=C(N[C@@H](O)C(=O)O)c1ccc(Cl)cc1. The minimum Gasteiger partial charge on any atom is -0.478 e. The van der Waals surface area contributed by atoms with Gasteiger partial charge in [-0.3, -0.25) is 4.79 Å². The number of hydrogen-bond acceptors (Lipinski definition) is 3. The number of aliphatic hydroxyl groups excluding tert-OH is 1. The van der Waals surface area contributed by atoms with E-state index in [-0.39, 0.29) is 5.56 Å². The van der Waals surface area contributed by atoms with E-state index in [1.165, 1.54) is 24.3 Å². The molecule has 0 aliphatic carbocycles. The Morgan fingerprint density at radius 3 is 2.27 bits per heavy atom. The van der Waals surface area contributed by atoms with Crippen molar-refractivity contribution in [1.29, 1.82) is 0 Å². The Kier molecular flexibility index (Phi) is 3.65. The molecule has 1 atom stereocenters. The van der Waals surface area contributed by atoms with Crippen LogP contribution in [0, 0.1) is 0 Å². The third-order valence-electron chi connectivity index (χ3n) is 1.61. The summed E-state index contributed by atoms with van der Waals surface area (Å²) in [5, 5.41) is 19.5. The number of carbonyl (C=O) groups is 2. The van der Waals surface area contributed by atoms with E-state index >= 15 is 0 Å². The summed E-state index contributed by atoms with van der Waals surface area (Å²) in [5.41, 5.74) is 0.222. The number of rotatable bonds is 3. The van der Waals surface area contributed by atoms with E-state index in [9.17, 15) is 9.59 Å². The van der Waals surface area contributed by atoms with Crippen molar-refractivity contribution in [2.75, 3.05) is 0 Å². The average Bonchev–Trinajstić information content (AvgIpc) is 2.18. The Morgan fingerprint density at radius 2 is 1.80 bits per heavy atom. The fourth-order valence-corrected chi connectivity index (χ4v) is 0.996. The fourth-order valence-electron chi connectivity index (χ4n) is 0.871. The largest absolute Gasteiger partial charge is 0.478 e. The first-order valence-corrected chi connectivity index (χ1v) is 4.36. The van der Waals surface area contributed by atoms with Gasteiger partial charge in [-0.15, -0.1) is 0 Å². The summed E-state index contributed by atoms with van der Waals surface area (Å²) in [6, 6.07) is 5.83. The van der Waals surface area contributed by atoms with Crippen molar-refractivity contribution >= 4 is 23.5 Å². The monoisotopic (exact) mass is 229 g/mol. The Bertz CT molecular complexity index is 376. The Labute approximate surface area is 90.3 Å². The Morgan fingerprint density at radius 1 is 1.27 bits per heavy atom. The lowest BCUT2D eigenvalue weighted by Gasteiger charge is -2.07. The van der Waals surface area contributed by atoms with Gasteiger partial charge in [0.05, 0.1) is 0 Å². The van der Waals surface area contributed by atoms with Crippen LogP contribution in [0.4, 0.5) is 0 Å². The van der Waals surface area contributed by atoms with Gasteiger partial charge in [-0.05, 0) is 24.3 Å². The van der Waals surface area contributed by atoms with Gasteiger partial charge >= 0.3 is 5.97 Å². The van der Waals surface area contributed by atoms with E-state index < -0.39 is 18.1 Å². The maximum absolute atomic E-state index is 11.3. The molecule has 5 nitrogen and oxygen atoms in total. The molecule has 0 saturated carbocycles. The second-order valence-corrected chi connectivity index (χ2v) is 3.16. The summed E-state index contributed by atoms with van der Waals surface area (Å²) >= 11 is 5.60. The minimum absolute atomic E-state index is 0.222. The maximum atomic E-state index is 11.3. The molecule has 0 spiro atoms. The van der Waals surface area contributed by atoms with Crippen LogP contribution in [0.2, 0.25) is 5.02 Å². The standard InChI is InChI=1S/C9H8ClNO4/c10-6-3-1-5(2-4-6)7(12)11-8(13)9(14)15/h1-4,8,13H,(H,11,12)(H,14,15)/t8-/m0/s1. The number of amides is 1. The molecular weight excluding hydrogens is 222 g/mol. The summed E-state index contributed by atoms with van der Waals surface area (Å²) in [6.45, 7) is 0. The lowest BCUT2D eigenvalue weighted by Crippen LogP contribution is -2.40. The molecule has 0 unspecified atom stereocenters. The van der Waals surface area contributed by atoms with Crippen LogP contribution in [-0.2, 0) is 4.79 Å². The Hall–Kier alpha value is -1.59. The first-order valence-electron chi connectivity index (χ1n) is 3.98. The highest BCUT2D eigenvalue weighted by atomic mass is 35.5. The lowest BCUT2D eigenvalue weighted by atomic mass is 10.2. The van der Waals surface area contributed by atoms with Crippen LogP contribution in [0.3, 0.4) is 0 Å². The van der Waals surface area contributed by atoms with Crippen LogP contribution in [0.15, 0.2) is 24.3 Å². The van der Waals surface area contributed by atoms with Gasteiger partial charge in [-0.25, -0.2) is 4.79 Å². The molecule has 80 valence electrons. The second-order valence-electron chi connectivity index (χ2n) is 2.72. The van der Waals surface area contributed by atoms with Gasteiger partial charge in [0.1, 0.15) is 0 Å². The normalized spacial score (nSPS) is 11.9. The minimum atomic E-state index is -1.91. The number of aliphatic carboxylic acids is 1. The van der Waals surface area contributed by atoms with Crippen molar-refractivity contribution in [3.8, 4) is 0 Å². The zero-order valence-electron chi connectivity index (χ0n) is 7.48. The van der Waals surface area contributed by atoms with Crippen molar-refractivity contribution < 1.29 is 19.8 Å². The molecule has 1 amide bonds. The molecule has 0 radical (unpaired) electrons. The number of aliphatic hydroxyl groups is 1. The first kappa shape index (κ1) is 11.5. The lowest BCUT2D eigenvalue weighted by molar-refractivity contribution is -0.147. The maximum Gasteiger partial charge on any atom is 0.353 e. The van der Waals surface area contributed by atoms with E-state index in [0.29, 0.717) is 5.02 Å². The molecule has 0 aromatic heterocycles. The highest BCUT2D eigenvalue weighted by Gasteiger charge is 2.16. The van der Waals surface area contributed by atoms with Gasteiger partial charge in [0, 0.05) is 10.6 Å². The van der Waals surface area contributed by atoms with Gasteiger partial charge in [-0.2, -0.15) is 0 Å². The smallest absolute Gasteiger partial charge is 0.353 e. The molecule has 15 heavy (non-hydrogen) atoms. The Balaban J connectivity index is 2.69. The fraction of sp³-hybridized carbons (Fsp3) is 0.111. The van der Waals surface area contributed by atoms with Crippen LogP contribution in [0.25, 0.3) is 0 Å². The first-order chi connectivity index (χ1) is 7.00.